The number of carbonyl (C=O) groups is 1. The first-order valence-corrected chi connectivity index (χ1v) is 10.6. The fourth-order valence-corrected chi connectivity index (χ4v) is 4.81. The minimum Gasteiger partial charge on any atom is -0.337 e. The highest BCUT2D eigenvalue weighted by molar-refractivity contribution is 7.98. The van der Waals surface area contributed by atoms with Gasteiger partial charge in [-0.1, -0.05) is 12.1 Å². The summed E-state index contributed by atoms with van der Waals surface area (Å²) in [5.74, 6) is -0.0502. The molecule has 134 valence electrons. The molecule has 1 N–H and O–H groups in total. The van der Waals surface area contributed by atoms with Gasteiger partial charge in [0.05, 0.1) is 18.1 Å². The van der Waals surface area contributed by atoms with Crippen molar-refractivity contribution in [3.8, 4) is 0 Å². The number of aromatic amines is 1. The van der Waals surface area contributed by atoms with Gasteiger partial charge in [0.2, 0.25) is 0 Å². The minimum absolute atomic E-state index is 0.0502. The lowest BCUT2D eigenvalue weighted by atomic mass is 10.2. The lowest BCUT2D eigenvalue weighted by Gasteiger charge is -2.22. The van der Waals surface area contributed by atoms with Gasteiger partial charge in [-0.05, 0) is 24.8 Å². The smallest absolute Gasteiger partial charge is 0.260 e. The van der Waals surface area contributed by atoms with E-state index in [2.05, 4.69) is 9.97 Å². The number of nitrogens with one attached hydrogen (secondary N) is 1. The summed E-state index contributed by atoms with van der Waals surface area (Å²) in [4.78, 5) is 21.9. The fourth-order valence-electron chi connectivity index (χ4n) is 2.85. The normalized spacial score (nSPS) is 16.6. The van der Waals surface area contributed by atoms with E-state index < -0.39 is 10.0 Å². The van der Waals surface area contributed by atoms with Crippen LogP contribution in [0.15, 0.2) is 46.7 Å². The third kappa shape index (κ3) is 3.73. The van der Waals surface area contributed by atoms with Crippen molar-refractivity contribution >= 4 is 27.7 Å². The lowest BCUT2D eigenvalue weighted by molar-refractivity contribution is 0.0761. The Bertz CT molecular complexity index is 837. The number of aromatic nitrogens is 2. The van der Waals surface area contributed by atoms with Crippen LogP contribution < -0.4 is 0 Å². The van der Waals surface area contributed by atoms with E-state index in [1.807, 2.05) is 30.5 Å². The number of hydrogen-bond donors (Lipinski definition) is 1. The van der Waals surface area contributed by atoms with Crippen LogP contribution in [0.3, 0.4) is 0 Å². The standard InChI is InChI=1S/C16H20N4O3S2/c1-24-14-6-3-2-5-13(14)16(21)19-7-4-8-20(10-9-19)25(22,23)15-11-17-12-18-15/h2-3,5-6,11-12H,4,7-10H2,1H3,(H,17,18). The largest absolute Gasteiger partial charge is 0.337 e. The van der Waals surface area contributed by atoms with Gasteiger partial charge in [-0.3, -0.25) is 4.79 Å². The molecule has 9 heteroatoms. The van der Waals surface area contributed by atoms with Gasteiger partial charge in [0.1, 0.15) is 0 Å². The number of sulfonamides is 1. The molecule has 1 aliphatic heterocycles. The Morgan fingerprint density at radius 3 is 2.72 bits per heavy atom. The average Bonchev–Trinajstić information content (AvgIpc) is 3.06. The first kappa shape index (κ1) is 18.0. The van der Waals surface area contributed by atoms with Gasteiger partial charge in [-0.2, -0.15) is 4.31 Å². The van der Waals surface area contributed by atoms with Gasteiger partial charge in [0.25, 0.3) is 15.9 Å². The van der Waals surface area contributed by atoms with E-state index in [0.717, 1.165) is 4.90 Å². The predicted octanol–water partition coefficient (Wildman–Crippen LogP) is 1.67. The Morgan fingerprint density at radius 2 is 2.00 bits per heavy atom. The van der Waals surface area contributed by atoms with Crippen LogP contribution in [0.2, 0.25) is 0 Å². The molecule has 2 heterocycles. The molecular weight excluding hydrogens is 360 g/mol. The molecule has 0 radical (unpaired) electrons. The van der Waals surface area contributed by atoms with Crippen LogP contribution in [-0.2, 0) is 10.0 Å². The molecule has 1 amide bonds. The van der Waals surface area contributed by atoms with E-state index >= 15 is 0 Å². The minimum atomic E-state index is -3.60. The van der Waals surface area contributed by atoms with Crippen LogP contribution in [0.4, 0.5) is 0 Å². The van der Waals surface area contributed by atoms with Crippen LogP contribution in [0, 0.1) is 0 Å². The van der Waals surface area contributed by atoms with Crippen molar-refractivity contribution < 1.29 is 13.2 Å². The molecule has 25 heavy (non-hydrogen) atoms. The van der Waals surface area contributed by atoms with Gasteiger partial charge >= 0.3 is 0 Å². The zero-order valence-corrected chi connectivity index (χ0v) is 15.5. The van der Waals surface area contributed by atoms with Gasteiger partial charge in [-0.15, -0.1) is 11.8 Å². The van der Waals surface area contributed by atoms with Gasteiger partial charge < -0.3 is 9.88 Å². The van der Waals surface area contributed by atoms with Gasteiger partial charge in [0.15, 0.2) is 5.03 Å². The Morgan fingerprint density at radius 1 is 1.20 bits per heavy atom. The molecule has 1 fully saturated rings. The maximum atomic E-state index is 12.8. The topological polar surface area (TPSA) is 86.4 Å². The summed E-state index contributed by atoms with van der Waals surface area (Å²) in [6.45, 7) is 1.56. The van der Waals surface area contributed by atoms with E-state index in [0.29, 0.717) is 31.6 Å². The molecule has 0 bridgehead atoms. The zero-order chi connectivity index (χ0) is 17.9. The molecule has 0 aliphatic carbocycles. The Kier molecular flexibility index (Phi) is 5.45. The molecule has 1 saturated heterocycles. The monoisotopic (exact) mass is 380 g/mol. The molecule has 7 nitrogen and oxygen atoms in total. The van der Waals surface area contributed by atoms with Crippen molar-refractivity contribution in [3.63, 3.8) is 0 Å². The molecule has 0 atom stereocenters. The number of hydrogen-bond acceptors (Lipinski definition) is 5. The second-order valence-corrected chi connectivity index (χ2v) is 8.42. The first-order chi connectivity index (χ1) is 12.0. The van der Waals surface area contributed by atoms with Crippen molar-refractivity contribution in [1.29, 1.82) is 0 Å². The van der Waals surface area contributed by atoms with Crippen LogP contribution in [0.25, 0.3) is 0 Å². The summed E-state index contributed by atoms with van der Waals surface area (Å²) in [5, 5.41) is 0.0833. The maximum absolute atomic E-state index is 12.8. The summed E-state index contributed by atoms with van der Waals surface area (Å²) in [6, 6.07) is 7.49. The Labute approximate surface area is 151 Å². The highest BCUT2D eigenvalue weighted by atomic mass is 32.2. The summed E-state index contributed by atoms with van der Waals surface area (Å²) in [7, 11) is -3.60. The zero-order valence-electron chi connectivity index (χ0n) is 13.9. The summed E-state index contributed by atoms with van der Waals surface area (Å²) in [5.41, 5.74) is 0.667. The predicted molar refractivity (Wildman–Crippen MR) is 96.1 cm³/mol. The number of H-pyrrole nitrogens is 1. The molecule has 1 aromatic carbocycles. The second-order valence-electron chi connectivity index (χ2n) is 5.67. The highest BCUT2D eigenvalue weighted by Gasteiger charge is 2.29. The van der Waals surface area contributed by atoms with Gasteiger partial charge in [0, 0.05) is 31.1 Å². The average molecular weight is 380 g/mol. The van der Waals surface area contributed by atoms with E-state index in [4.69, 9.17) is 0 Å². The van der Waals surface area contributed by atoms with E-state index in [1.54, 1.807) is 4.90 Å². The summed E-state index contributed by atoms with van der Waals surface area (Å²) >= 11 is 1.53. The number of thioether (sulfide) groups is 1. The molecular formula is C16H20N4O3S2. The number of rotatable bonds is 4. The molecule has 0 unspecified atom stereocenters. The Balaban J connectivity index is 1.75. The van der Waals surface area contributed by atoms with Gasteiger partial charge in [-0.25, -0.2) is 13.4 Å². The molecule has 1 aromatic heterocycles. The van der Waals surface area contributed by atoms with E-state index in [1.165, 1.54) is 28.6 Å². The molecule has 0 spiro atoms. The number of carbonyl (C=O) groups excluding carboxylic acids is 1. The van der Waals surface area contributed by atoms with Crippen molar-refractivity contribution in [2.45, 2.75) is 16.3 Å². The van der Waals surface area contributed by atoms with Crippen molar-refractivity contribution in [3.05, 3.63) is 42.4 Å². The van der Waals surface area contributed by atoms with Crippen LogP contribution >= 0.6 is 11.8 Å². The maximum Gasteiger partial charge on any atom is 0.260 e. The van der Waals surface area contributed by atoms with Crippen molar-refractivity contribution in [1.82, 2.24) is 19.2 Å². The quantitative estimate of drug-likeness (QED) is 0.816. The third-order valence-electron chi connectivity index (χ3n) is 4.17. The SMILES string of the molecule is CSc1ccccc1C(=O)N1CCCN(S(=O)(=O)c2cnc[nH]2)CC1. The molecule has 3 rings (SSSR count). The molecule has 2 aromatic rings. The van der Waals surface area contributed by atoms with E-state index in [-0.39, 0.29) is 17.5 Å². The number of amides is 1. The fraction of sp³-hybridized carbons (Fsp3) is 0.375. The Hall–Kier alpha value is -1.84. The summed E-state index contributed by atoms with van der Waals surface area (Å²) in [6.07, 6.45) is 5.19. The summed E-state index contributed by atoms with van der Waals surface area (Å²) < 4.78 is 26.6. The van der Waals surface area contributed by atoms with Crippen LogP contribution in [0.5, 0.6) is 0 Å². The van der Waals surface area contributed by atoms with Crippen LogP contribution in [0.1, 0.15) is 16.8 Å². The number of nitrogens with zero attached hydrogens (tertiary/aromatic N) is 3. The lowest BCUT2D eigenvalue weighted by Crippen LogP contribution is -2.37. The number of benzene rings is 1. The van der Waals surface area contributed by atoms with Crippen molar-refractivity contribution in [2.75, 3.05) is 32.4 Å². The number of imidazole rings is 1. The second kappa shape index (κ2) is 7.59. The van der Waals surface area contributed by atoms with Crippen LogP contribution in [-0.4, -0.2) is 65.9 Å². The first-order valence-electron chi connectivity index (χ1n) is 7.95. The third-order valence-corrected chi connectivity index (χ3v) is 6.79. The molecule has 1 aliphatic rings. The highest BCUT2D eigenvalue weighted by Crippen LogP contribution is 2.22. The van der Waals surface area contributed by atoms with E-state index in [9.17, 15) is 13.2 Å². The molecule has 0 saturated carbocycles. The van der Waals surface area contributed by atoms with Crippen molar-refractivity contribution in [2.24, 2.45) is 0 Å².